The van der Waals surface area contributed by atoms with Crippen LogP contribution in [0, 0.1) is 24.5 Å². The molecular formula is C65H38N22O6. The number of carbonyl (C=O) groups is 3. The Morgan fingerprint density at radius 1 is 0.462 bits per heavy atom. The fraction of sp³-hybridized carbons (Fsp3) is 0. The summed E-state index contributed by atoms with van der Waals surface area (Å²) in [6.45, 7) is 15.6. The summed E-state index contributed by atoms with van der Waals surface area (Å²) in [5.41, 5.74) is -1.49. The standard InChI is InChI=1S/C65H38N22O6/c1-67-49-20-26-85(64-70-22-11-23-71-64)59(49)83-80-53-44-17-7-4-14-37(44)28-47(56(53)89)62(92)77-41-30-40(76-61(91)46-27-36-13-3-6-16-43(36)52(55(46)88)79-82-58-39(33-66)34-74-86(58)51-19-9-10-21-69-51)31-42(32-41)78-63(93)48-29-38-15-5-8-18-45(38)54(57(48)90)81-84-60-50(68-2)35-75-87(60)65-72-24-12-25-73-65/h3-32,34-35,88-90H,(H,76,91)(H,77,92)(H,78,93). The molecule has 93 heavy (non-hydrogen) atoms. The number of hydrogen-bond acceptors (Lipinski definition) is 20. The molecule has 444 valence electrons. The van der Waals surface area contributed by atoms with Crippen LogP contribution >= 0.6 is 0 Å². The molecule has 0 saturated heterocycles. The van der Waals surface area contributed by atoms with Crippen molar-refractivity contribution in [2.75, 3.05) is 16.0 Å². The third-order valence-electron chi connectivity index (χ3n) is 14.2. The number of carbonyl (C=O) groups excluding carboxylic acids is 3. The van der Waals surface area contributed by atoms with Crippen LogP contribution in [0.15, 0.2) is 226 Å². The first kappa shape index (κ1) is 57.5. The molecule has 0 aliphatic rings. The minimum atomic E-state index is -0.917. The van der Waals surface area contributed by atoms with E-state index < -0.39 is 35.0 Å². The second-order valence-corrected chi connectivity index (χ2v) is 19.9. The molecule has 13 rings (SSSR count). The van der Waals surface area contributed by atoms with Gasteiger partial charge in [-0.05, 0) is 82.9 Å². The van der Waals surface area contributed by atoms with Crippen LogP contribution in [0.5, 0.6) is 17.2 Å². The number of aromatic nitrogens is 10. The number of azo groups is 3. The number of aromatic hydroxyl groups is 3. The van der Waals surface area contributed by atoms with Gasteiger partial charge in [-0.3, -0.25) is 19.0 Å². The molecule has 0 spiro atoms. The van der Waals surface area contributed by atoms with Gasteiger partial charge >= 0.3 is 0 Å². The van der Waals surface area contributed by atoms with Crippen molar-refractivity contribution in [3.63, 3.8) is 0 Å². The van der Waals surface area contributed by atoms with Crippen molar-refractivity contribution in [2.45, 2.75) is 0 Å². The summed E-state index contributed by atoms with van der Waals surface area (Å²) < 4.78 is 3.92. The Labute approximate surface area is 522 Å². The second-order valence-electron chi connectivity index (χ2n) is 19.9. The van der Waals surface area contributed by atoms with Crippen LogP contribution in [0.1, 0.15) is 36.6 Å². The number of fused-ring (bicyclic) bond motifs is 3. The highest BCUT2D eigenvalue weighted by Crippen LogP contribution is 2.45. The van der Waals surface area contributed by atoms with Crippen molar-refractivity contribution in [3.05, 3.63) is 240 Å². The highest BCUT2D eigenvalue weighted by Gasteiger charge is 2.25. The zero-order valence-corrected chi connectivity index (χ0v) is 47.5. The van der Waals surface area contributed by atoms with Gasteiger partial charge in [0.15, 0.2) is 40.5 Å². The number of rotatable bonds is 15. The van der Waals surface area contributed by atoms with Crippen LogP contribution in [0.4, 0.5) is 63.0 Å². The zero-order valence-electron chi connectivity index (χ0n) is 47.5. The maximum Gasteiger partial charge on any atom is 0.259 e. The van der Waals surface area contributed by atoms with Crippen LogP contribution in [0.3, 0.4) is 0 Å². The van der Waals surface area contributed by atoms with E-state index in [4.69, 9.17) is 13.1 Å². The first-order chi connectivity index (χ1) is 45.5. The summed E-state index contributed by atoms with van der Waals surface area (Å²) in [4.78, 5) is 72.6. The molecule has 0 fully saturated rings. The van der Waals surface area contributed by atoms with Crippen molar-refractivity contribution in [1.82, 2.24) is 49.0 Å². The Balaban J connectivity index is 0.885. The first-order valence-corrected chi connectivity index (χ1v) is 27.5. The monoisotopic (exact) mass is 1220 g/mol. The number of benzene rings is 7. The van der Waals surface area contributed by atoms with E-state index in [-0.39, 0.29) is 97.1 Å². The van der Waals surface area contributed by atoms with Crippen molar-refractivity contribution in [2.24, 2.45) is 30.7 Å². The fourth-order valence-corrected chi connectivity index (χ4v) is 9.90. The lowest BCUT2D eigenvalue weighted by molar-refractivity contribution is 0.101. The summed E-state index contributed by atoms with van der Waals surface area (Å²) in [6, 6.07) is 40.3. The molecule has 0 saturated carbocycles. The summed E-state index contributed by atoms with van der Waals surface area (Å²) in [5.74, 6) is -4.06. The SMILES string of the molecule is [C-]#[N+]c1ccn(-c2ncccn2)c1N=Nc1c(O)c(C(=O)Nc2cc(NC(=O)c3cc4ccccc4c(N=Nc4c(C#N)cnn4-c4ccccn4)c3O)cc(NC(=O)c3cc4ccccc4c(N=Nc4c([N+]#[C-])cnn4-c4ncccn4)c3O)c2)cc2ccccc12. The maximum atomic E-state index is 14.8. The van der Waals surface area contributed by atoms with Gasteiger partial charge in [-0.1, -0.05) is 78.9 Å². The molecule has 0 radical (unpaired) electrons. The highest BCUT2D eigenvalue weighted by molar-refractivity contribution is 6.16. The largest absolute Gasteiger partial charge is 0.505 e. The number of nitrogens with zero attached hydrogens (tertiary/aromatic N) is 19. The van der Waals surface area contributed by atoms with Gasteiger partial charge < -0.3 is 31.3 Å². The fourth-order valence-electron chi connectivity index (χ4n) is 9.90. The zero-order chi connectivity index (χ0) is 64.1. The number of amides is 3. The summed E-state index contributed by atoms with van der Waals surface area (Å²) in [7, 11) is 0. The maximum absolute atomic E-state index is 14.8. The number of hydrogen-bond donors (Lipinski definition) is 6. The van der Waals surface area contributed by atoms with E-state index in [0.29, 0.717) is 38.1 Å². The van der Waals surface area contributed by atoms with Gasteiger partial charge in [-0.2, -0.15) is 24.8 Å². The van der Waals surface area contributed by atoms with E-state index in [0.717, 1.165) is 0 Å². The summed E-state index contributed by atoms with van der Waals surface area (Å²) >= 11 is 0. The number of pyridine rings is 1. The average Bonchev–Trinajstić information content (AvgIpc) is 1.64. The van der Waals surface area contributed by atoms with Gasteiger partial charge in [-0.25, -0.2) is 34.6 Å². The molecule has 0 aliphatic carbocycles. The molecule has 7 aromatic carbocycles. The normalized spacial score (nSPS) is 11.3. The van der Waals surface area contributed by atoms with E-state index in [2.05, 4.69) is 91.4 Å². The minimum absolute atomic E-state index is 0.0174. The predicted octanol–water partition coefficient (Wildman–Crippen LogP) is 14.4. The molecular weight excluding hydrogens is 1180 g/mol. The van der Waals surface area contributed by atoms with Crippen molar-refractivity contribution in [3.8, 4) is 41.0 Å². The topological polar surface area (TPSA) is 360 Å². The third-order valence-corrected chi connectivity index (χ3v) is 14.2. The summed E-state index contributed by atoms with van der Waals surface area (Å²) in [5, 5.41) is 91.6. The molecule has 6 N–H and O–H groups in total. The lowest BCUT2D eigenvalue weighted by atomic mass is 10.0. The number of anilines is 3. The second kappa shape index (κ2) is 24.6. The van der Waals surface area contributed by atoms with E-state index >= 15 is 0 Å². The van der Waals surface area contributed by atoms with Crippen LogP contribution in [-0.2, 0) is 0 Å². The number of phenolic OH excluding ortho intramolecular Hbond substituents is 3. The Morgan fingerprint density at radius 2 is 0.892 bits per heavy atom. The molecule has 6 heterocycles. The Morgan fingerprint density at radius 3 is 1.35 bits per heavy atom. The van der Waals surface area contributed by atoms with Crippen molar-refractivity contribution < 1.29 is 29.7 Å². The summed E-state index contributed by atoms with van der Waals surface area (Å²) in [6.07, 6.45) is 11.6. The third kappa shape index (κ3) is 11.2. The number of nitriles is 1. The van der Waals surface area contributed by atoms with Crippen LogP contribution in [0.25, 0.3) is 59.7 Å². The molecule has 6 aromatic heterocycles. The Bertz CT molecular complexity index is 4870. The van der Waals surface area contributed by atoms with Crippen LogP contribution < -0.4 is 16.0 Å². The van der Waals surface area contributed by atoms with E-state index in [1.165, 1.54) is 99.8 Å². The number of phenols is 3. The van der Waals surface area contributed by atoms with E-state index in [1.54, 1.807) is 109 Å². The van der Waals surface area contributed by atoms with Gasteiger partial charge in [0.1, 0.15) is 28.7 Å². The van der Waals surface area contributed by atoms with Gasteiger partial charge in [0.25, 0.3) is 29.4 Å². The van der Waals surface area contributed by atoms with Gasteiger partial charge in [-0.15, -0.1) is 30.7 Å². The van der Waals surface area contributed by atoms with E-state index in [9.17, 15) is 35.0 Å². The van der Waals surface area contributed by atoms with Crippen molar-refractivity contribution in [1.29, 1.82) is 5.26 Å². The van der Waals surface area contributed by atoms with E-state index in [1.807, 2.05) is 6.07 Å². The molecule has 0 bridgehead atoms. The molecule has 28 heteroatoms. The quantitative estimate of drug-likeness (QED) is 0.0410. The van der Waals surface area contributed by atoms with Crippen molar-refractivity contribution >= 4 is 113 Å². The highest BCUT2D eigenvalue weighted by atomic mass is 16.3. The molecule has 0 atom stereocenters. The molecule has 0 unspecified atom stereocenters. The molecule has 3 amide bonds. The Kier molecular flexibility index (Phi) is 15.2. The van der Waals surface area contributed by atoms with Gasteiger partial charge in [0.2, 0.25) is 11.6 Å². The van der Waals surface area contributed by atoms with Gasteiger partial charge in [0, 0.05) is 70.4 Å². The van der Waals surface area contributed by atoms with Gasteiger partial charge in [0.05, 0.1) is 42.2 Å². The van der Waals surface area contributed by atoms with Crippen LogP contribution in [0.2, 0.25) is 0 Å². The lowest BCUT2D eigenvalue weighted by Crippen LogP contribution is -2.16. The molecule has 13 aromatic rings. The smallest absolute Gasteiger partial charge is 0.259 e. The molecule has 28 nitrogen and oxygen atoms in total. The predicted molar refractivity (Wildman–Crippen MR) is 339 cm³/mol. The first-order valence-electron chi connectivity index (χ1n) is 27.5. The Hall–Kier alpha value is -14.6. The minimum Gasteiger partial charge on any atom is -0.505 e. The lowest BCUT2D eigenvalue weighted by Gasteiger charge is -2.16. The average molecular weight is 1220 g/mol. The number of nitrogens with one attached hydrogen (secondary N) is 3. The van der Waals surface area contributed by atoms with Crippen LogP contribution in [-0.4, -0.2) is 82.1 Å². The molecule has 0 aliphatic heterocycles.